The summed E-state index contributed by atoms with van der Waals surface area (Å²) in [6.07, 6.45) is 0.0168. The summed E-state index contributed by atoms with van der Waals surface area (Å²) in [6.45, 7) is 3.69. The summed E-state index contributed by atoms with van der Waals surface area (Å²) in [6, 6.07) is 31.5. The molecule has 7 nitrogen and oxygen atoms in total. The zero-order valence-electron chi connectivity index (χ0n) is 26.5. The van der Waals surface area contributed by atoms with Gasteiger partial charge in [0.2, 0.25) is 20.0 Å². The normalized spacial score (nSPS) is 22.4. The number of carbonyl (C=O) groups is 1. The Labute approximate surface area is 286 Å². The number of piperidine rings is 2. The highest BCUT2D eigenvalue weighted by Gasteiger charge is 2.54. The Morgan fingerprint density at radius 1 is 0.667 bits per heavy atom. The first-order valence-corrected chi connectivity index (χ1v) is 19.2. The second-order valence-corrected chi connectivity index (χ2v) is 16.9. The molecule has 0 saturated carbocycles. The van der Waals surface area contributed by atoms with Crippen molar-refractivity contribution in [2.75, 3.05) is 6.54 Å². The maximum Gasteiger partial charge on any atom is 0.243 e. The smallest absolute Gasteiger partial charge is 0.243 e. The van der Waals surface area contributed by atoms with Gasteiger partial charge in [-0.3, -0.25) is 4.79 Å². The summed E-state index contributed by atoms with van der Waals surface area (Å²) in [5.74, 6) is -1.04. The van der Waals surface area contributed by atoms with E-state index in [1.54, 1.807) is 24.3 Å². The molecule has 246 valence electrons. The lowest BCUT2D eigenvalue weighted by Crippen LogP contribution is -2.60. The van der Waals surface area contributed by atoms with Gasteiger partial charge in [0.05, 0.1) is 21.9 Å². The highest BCUT2D eigenvalue weighted by Crippen LogP contribution is 2.49. The van der Waals surface area contributed by atoms with Crippen molar-refractivity contribution in [1.29, 1.82) is 0 Å². The molecular formula is C38H35ClN2O5S2. The quantitative estimate of drug-likeness (QED) is 0.182. The van der Waals surface area contributed by atoms with E-state index in [0.717, 1.165) is 33.0 Å². The largest absolute Gasteiger partial charge is 0.299 e. The van der Waals surface area contributed by atoms with Crippen LogP contribution in [0.15, 0.2) is 125 Å². The minimum absolute atomic E-state index is 0.0588. The molecule has 2 fully saturated rings. The molecule has 2 heterocycles. The number of nitrogens with zero attached hydrogens (tertiary/aromatic N) is 2. The average Bonchev–Trinajstić information content (AvgIpc) is 3.08. The molecule has 2 saturated heterocycles. The van der Waals surface area contributed by atoms with Crippen molar-refractivity contribution in [2.45, 2.75) is 54.6 Å². The number of aryl methyl sites for hydroxylation is 2. The van der Waals surface area contributed by atoms with Crippen LogP contribution in [-0.2, 0) is 24.8 Å². The summed E-state index contributed by atoms with van der Waals surface area (Å²) in [7, 11) is -8.27. The highest BCUT2D eigenvalue weighted by atomic mass is 35.5. The van der Waals surface area contributed by atoms with E-state index in [1.807, 2.05) is 80.6 Å². The number of benzene rings is 5. The Balaban J connectivity index is 1.41. The number of carbonyl (C=O) groups excluding carboxylic acids is 1. The number of rotatable bonds is 6. The summed E-state index contributed by atoms with van der Waals surface area (Å²) in [5, 5.41) is 2.22. The van der Waals surface area contributed by atoms with Gasteiger partial charge in [-0.05, 0) is 78.6 Å². The Kier molecular flexibility index (Phi) is 8.54. The van der Waals surface area contributed by atoms with Crippen LogP contribution in [0, 0.1) is 19.8 Å². The molecule has 0 radical (unpaired) electrons. The Morgan fingerprint density at radius 3 is 1.94 bits per heavy atom. The Morgan fingerprint density at radius 2 is 1.25 bits per heavy atom. The molecule has 2 aliphatic rings. The van der Waals surface area contributed by atoms with E-state index in [2.05, 4.69) is 0 Å². The molecule has 48 heavy (non-hydrogen) atoms. The van der Waals surface area contributed by atoms with Gasteiger partial charge in [-0.2, -0.15) is 8.61 Å². The Bertz CT molecular complexity index is 2220. The number of ketones is 1. The zero-order valence-corrected chi connectivity index (χ0v) is 28.9. The van der Waals surface area contributed by atoms with E-state index in [0.29, 0.717) is 5.02 Å². The summed E-state index contributed by atoms with van der Waals surface area (Å²) in [4.78, 5) is 14.5. The molecule has 0 bridgehead atoms. The van der Waals surface area contributed by atoms with E-state index in [1.165, 1.54) is 32.9 Å². The lowest BCUT2D eigenvalue weighted by molar-refractivity contribution is -0.132. The van der Waals surface area contributed by atoms with Crippen LogP contribution in [0.4, 0.5) is 0 Å². The first kappa shape index (κ1) is 32.7. The molecule has 10 heteroatoms. The number of hydrogen-bond acceptors (Lipinski definition) is 5. The monoisotopic (exact) mass is 698 g/mol. The van der Waals surface area contributed by atoms with Crippen molar-refractivity contribution in [3.05, 3.63) is 143 Å². The van der Waals surface area contributed by atoms with Crippen LogP contribution in [-0.4, -0.2) is 43.8 Å². The van der Waals surface area contributed by atoms with E-state index >= 15 is 0 Å². The first-order chi connectivity index (χ1) is 22.9. The lowest BCUT2D eigenvalue weighted by Gasteiger charge is -2.51. The average molecular weight is 699 g/mol. The van der Waals surface area contributed by atoms with Gasteiger partial charge in [-0.1, -0.05) is 102 Å². The van der Waals surface area contributed by atoms with Gasteiger partial charge in [-0.15, -0.1) is 0 Å². The molecule has 0 amide bonds. The number of halogens is 1. The van der Waals surface area contributed by atoms with Gasteiger partial charge in [-0.25, -0.2) is 16.8 Å². The molecule has 7 rings (SSSR count). The van der Waals surface area contributed by atoms with Crippen LogP contribution in [0.1, 0.15) is 47.2 Å². The SMILES string of the molecule is Cc1ccc([C@@H]2C[C@H]3[C@@H](CN2S(=O)(=O)c2ccc(Cl)cc2)C(=O)C[C@@H](c2cccc4ccccc24)N3S(=O)(=O)c2ccc(C)cc2)cc1. The predicted octanol–water partition coefficient (Wildman–Crippen LogP) is 7.64. The molecule has 0 aliphatic carbocycles. The van der Waals surface area contributed by atoms with Gasteiger partial charge in [0.25, 0.3) is 0 Å². The molecule has 5 aromatic rings. The fourth-order valence-electron chi connectivity index (χ4n) is 7.28. The van der Waals surface area contributed by atoms with Crippen molar-refractivity contribution >= 4 is 48.2 Å². The van der Waals surface area contributed by atoms with Crippen molar-refractivity contribution < 1.29 is 21.6 Å². The van der Waals surface area contributed by atoms with Gasteiger partial charge >= 0.3 is 0 Å². The molecular weight excluding hydrogens is 664 g/mol. The number of Topliss-reactive ketones (excluding diaryl/α,β-unsaturated/α-hetero) is 1. The second kappa shape index (κ2) is 12.5. The summed E-state index contributed by atoms with van der Waals surface area (Å²) in [5.41, 5.74) is 3.40. The third-order valence-corrected chi connectivity index (χ3v) is 13.8. The van der Waals surface area contributed by atoms with E-state index in [9.17, 15) is 21.6 Å². The topological polar surface area (TPSA) is 91.8 Å². The molecule has 0 N–H and O–H groups in total. The van der Waals surface area contributed by atoms with Crippen LogP contribution in [0.5, 0.6) is 0 Å². The molecule has 5 aromatic carbocycles. The van der Waals surface area contributed by atoms with E-state index in [-0.39, 0.29) is 35.0 Å². The van der Waals surface area contributed by atoms with Gasteiger partial charge < -0.3 is 0 Å². The van der Waals surface area contributed by atoms with Crippen LogP contribution >= 0.6 is 11.6 Å². The molecule has 0 aromatic heterocycles. The number of sulfonamides is 2. The summed E-state index contributed by atoms with van der Waals surface area (Å²) < 4.78 is 61.3. The second-order valence-electron chi connectivity index (χ2n) is 12.8. The van der Waals surface area contributed by atoms with Gasteiger partial charge in [0.1, 0.15) is 5.78 Å². The van der Waals surface area contributed by atoms with Gasteiger partial charge in [0.15, 0.2) is 0 Å². The van der Waals surface area contributed by atoms with Crippen LogP contribution in [0.25, 0.3) is 10.8 Å². The molecule has 0 spiro atoms. The van der Waals surface area contributed by atoms with Crippen molar-refractivity contribution in [2.24, 2.45) is 5.92 Å². The van der Waals surface area contributed by atoms with Crippen molar-refractivity contribution in [1.82, 2.24) is 8.61 Å². The van der Waals surface area contributed by atoms with Crippen LogP contribution in [0.2, 0.25) is 5.02 Å². The van der Waals surface area contributed by atoms with Crippen molar-refractivity contribution in [3.8, 4) is 0 Å². The van der Waals surface area contributed by atoms with Gasteiger partial charge in [0, 0.05) is 29.9 Å². The number of hydrogen-bond donors (Lipinski definition) is 0. The maximum absolute atomic E-state index is 14.9. The molecule has 2 aliphatic heterocycles. The van der Waals surface area contributed by atoms with Crippen LogP contribution in [0.3, 0.4) is 0 Å². The third-order valence-electron chi connectivity index (χ3n) is 9.76. The maximum atomic E-state index is 14.9. The standard InChI is InChI=1S/C38H35ClN2O5S2/c1-25-10-14-28(15-11-25)35-22-36-34(24-40(35)47(43,44)30-20-16-29(39)17-21-30)38(42)23-37(33-9-5-7-27-6-3-4-8-32(27)33)41(36)48(45,46)31-18-12-26(2)13-19-31/h3-21,34-37H,22-24H2,1-2H3/t34-,35+,36+,37+/m1/s1. The predicted molar refractivity (Wildman–Crippen MR) is 188 cm³/mol. The Hall–Kier alpha value is -3.86. The highest BCUT2D eigenvalue weighted by molar-refractivity contribution is 7.89. The minimum Gasteiger partial charge on any atom is -0.299 e. The summed E-state index contributed by atoms with van der Waals surface area (Å²) >= 11 is 6.10. The fraction of sp³-hybridized carbons (Fsp3) is 0.237. The molecule has 0 unspecified atom stereocenters. The lowest BCUT2D eigenvalue weighted by atomic mass is 9.77. The number of fused-ring (bicyclic) bond motifs is 2. The van der Waals surface area contributed by atoms with Crippen molar-refractivity contribution in [3.63, 3.8) is 0 Å². The van der Waals surface area contributed by atoms with E-state index < -0.39 is 44.1 Å². The first-order valence-electron chi connectivity index (χ1n) is 15.9. The fourth-order valence-corrected chi connectivity index (χ4v) is 10.9. The zero-order chi connectivity index (χ0) is 33.8. The third kappa shape index (κ3) is 5.77. The van der Waals surface area contributed by atoms with E-state index in [4.69, 9.17) is 11.6 Å². The van der Waals surface area contributed by atoms with Crippen LogP contribution < -0.4 is 0 Å². The minimum atomic E-state index is -4.16. The molecule has 4 atom stereocenters.